The van der Waals surface area contributed by atoms with E-state index in [0.717, 1.165) is 22.6 Å². The number of hydrogen-bond donors (Lipinski definition) is 1. The van der Waals surface area contributed by atoms with Gasteiger partial charge in [0.2, 0.25) is 0 Å². The van der Waals surface area contributed by atoms with Gasteiger partial charge in [-0.25, -0.2) is 0 Å². The Kier molecular flexibility index (Phi) is 5.89. The van der Waals surface area contributed by atoms with Crippen LogP contribution in [0.5, 0.6) is 11.5 Å². The van der Waals surface area contributed by atoms with E-state index >= 15 is 0 Å². The molecule has 0 spiro atoms. The minimum absolute atomic E-state index is 0.477. The van der Waals surface area contributed by atoms with E-state index in [9.17, 15) is 0 Å². The lowest BCUT2D eigenvalue weighted by atomic mass is 10.1. The zero-order valence-electron chi connectivity index (χ0n) is 12.2. The highest BCUT2D eigenvalue weighted by molar-refractivity contribution is 7.80. The zero-order valence-corrected chi connectivity index (χ0v) is 14.5. The lowest BCUT2D eigenvalue weighted by molar-refractivity contribution is 0.390. The number of thiocarbonyl (C=S) groups is 1. The first kappa shape index (κ1) is 16.9. The number of benzene rings is 2. The van der Waals surface area contributed by atoms with Gasteiger partial charge in [0.15, 0.2) is 0 Å². The van der Waals surface area contributed by atoms with Crippen LogP contribution in [0.2, 0.25) is 10.0 Å². The molecule has 0 saturated carbocycles. The maximum Gasteiger partial charge on any atom is 0.127 e. The summed E-state index contributed by atoms with van der Waals surface area (Å²) in [6.45, 7) is 0.534. The predicted molar refractivity (Wildman–Crippen MR) is 94.5 cm³/mol. The van der Waals surface area contributed by atoms with Crippen LogP contribution in [0, 0.1) is 0 Å². The molecule has 2 rings (SSSR count). The standard InChI is InChI=1S/C16H15Cl2NO2S/c1-20-12-5-3-11(15(8-12)21-2)9-19-16(22)10-4-6-13(17)14(18)7-10/h3-8H,9H2,1-2H3,(H,19,22). The summed E-state index contributed by atoms with van der Waals surface area (Å²) in [6.07, 6.45) is 0. The summed E-state index contributed by atoms with van der Waals surface area (Å²) in [4.78, 5) is 0.594. The quantitative estimate of drug-likeness (QED) is 0.801. The fraction of sp³-hybridized carbons (Fsp3) is 0.188. The Balaban J connectivity index is 2.09. The van der Waals surface area contributed by atoms with Gasteiger partial charge >= 0.3 is 0 Å². The third-order valence-electron chi connectivity index (χ3n) is 3.12. The molecule has 0 aromatic heterocycles. The highest BCUT2D eigenvalue weighted by Gasteiger charge is 2.08. The van der Waals surface area contributed by atoms with Gasteiger partial charge in [0.05, 0.1) is 24.3 Å². The van der Waals surface area contributed by atoms with Crippen LogP contribution in [-0.2, 0) is 6.54 Å². The molecule has 116 valence electrons. The number of ether oxygens (including phenoxy) is 2. The molecule has 0 amide bonds. The summed E-state index contributed by atoms with van der Waals surface area (Å²) in [5.41, 5.74) is 1.79. The molecule has 0 fully saturated rings. The van der Waals surface area contributed by atoms with E-state index in [1.807, 2.05) is 24.3 Å². The average Bonchev–Trinajstić information content (AvgIpc) is 2.54. The predicted octanol–water partition coefficient (Wildman–Crippen LogP) is 4.48. The summed E-state index contributed by atoms with van der Waals surface area (Å²) in [7, 11) is 3.24. The molecule has 2 aromatic rings. The van der Waals surface area contributed by atoms with Crippen LogP contribution < -0.4 is 14.8 Å². The molecule has 0 atom stereocenters. The summed E-state index contributed by atoms with van der Waals surface area (Å²) in [6, 6.07) is 10.9. The van der Waals surface area contributed by atoms with Gasteiger partial charge < -0.3 is 14.8 Å². The Labute approximate surface area is 145 Å². The third kappa shape index (κ3) is 4.03. The van der Waals surface area contributed by atoms with E-state index in [1.165, 1.54) is 0 Å². The number of halogens is 2. The fourth-order valence-corrected chi connectivity index (χ4v) is 2.41. The van der Waals surface area contributed by atoms with E-state index in [-0.39, 0.29) is 0 Å². The van der Waals surface area contributed by atoms with Gasteiger partial charge in [-0.1, -0.05) is 41.5 Å². The normalized spacial score (nSPS) is 10.2. The second-order valence-corrected chi connectivity index (χ2v) is 5.71. The van der Waals surface area contributed by atoms with Crippen molar-refractivity contribution in [2.45, 2.75) is 6.54 Å². The highest BCUT2D eigenvalue weighted by Crippen LogP contribution is 2.25. The number of nitrogens with one attached hydrogen (secondary N) is 1. The Morgan fingerprint density at radius 2 is 1.82 bits per heavy atom. The molecule has 1 N–H and O–H groups in total. The minimum Gasteiger partial charge on any atom is -0.497 e. The lowest BCUT2D eigenvalue weighted by Crippen LogP contribution is -2.22. The monoisotopic (exact) mass is 355 g/mol. The first-order valence-electron chi connectivity index (χ1n) is 6.49. The van der Waals surface area contributed by atoms with Crippen LogP contribution in [0.1, 0.15) is 11.1 Å². The Morgan fingerprint density at radius 3 is 2.45 bits per heavy atom. The molecule has 0 radical (unpaired) electrons. The summed E-state index contributed by atoms with van der Waals surface area (Å²) in [5.74, 6) is 1.48. The molecule has 0 aliphatic heterocycles. The van der Waals surface area contributed by atoms with E-state index in [4.69, 9.17) is 44.9 Å². The van der Waals surface area contributed by atoms with Crippen LogP contribution in [0.25, 0.3) is 0 Å². The lowest BCUT2D eigenvalue weighted by Gasteiger charge is -2.13. The van der Waals surface area contributed by atoms with E-state index < -0.39 is 0 Å². The van der Waals surface area contributed by atoms with Gasteiger partial charge in [0.25, 0.3) is 0 Å². The Hall–Kier alpha value is -1.49. The molecular formula is C16H15Cl2NO2S. The van der Waals surface area contributed by atoms with E-state index in [1.54, 1.807) is 26.4 Å². The molecular weight excluding hydrogens is 341 g/mol. The van der Waals surface area contributed by atoms with Crippen molar-refractivity contribution in [3.63, 3.8) is 0 Å². The SMILES string of the molecule is COc1ccc(CNC(=S)c2ccc(Cl)c(Cl)c2)c(OC)c1. The first-order valence-corrected chi connectivity index (χ1v) is 7.65. The summed E-state index contributed by atoms with van der Waals surface area (Å²) >= 11 is 17.3. The minimum atomic E-state index is 0.477. The van der Waals surface area contributed by atoms with E-state index in [2.05, 4.69) is 5.32 Å². The molecule has 0 aliphatic carbocycles. The van der Waals surface area contributed by atoms with Gasteiger partial charge in [-0.2, -0.15) is 0 Å². The smallest absolute Gasteiger partial charge is 0.127 e. The third-order valence-corrected chi connectivity index (χ3v) is 4.23. The highest BCUT2D eigenvalue weighted by atomic mass is 35.5. The van der Waals surface area contributed by atoms with Gasteiger partial charge in [0, 0.05) is 23.7 Å². The fourth-order valence-electron chi connectivity index (χ4n) is 1.91. The number of hydrogen-bond acceptors (Lipinski definition) is 3. The first-order chi connectivity index (χ1) is 10.5. The van der Waals surface area contributed by atoms with Gasteiger partial charge in [-0.05, 0) is 24.3 Å². The van der Waals surface area contributed by atoms with Crippen LogP contribution in [0.4, 0.5) is 0 Å². The van der Waals surface area contributed by atoms with Crippen LogP contribution in [0.3, 0.4) is 0 Å². The van der Waals surface area contributed by atoms with Crippen molar-refractivity contribution in [3.8, 4) is 11.5 Å². The number of rotatable bonds is 5. The molecule has 0 saturated heterocycles. The Morgan fingerprint density at radius 1 is 1.05 bits per heavy atom. The van der Waals surface area contributed by atoms with Gasteiger partial charge in [0.1, 0.15) is 16.5 Å². The van der Waals surface area contributed by atoms with Gasteiger partial charge in [-0.3, -0.25) is 0 Å². The molecule has 0 aliphatic rings. The summed E-state index contributed by atoms with van der Waals surface area (Å²) < 4.78 is 10.5. The van der Waals surface area contributed by atoms with Crippen LogP contribution in [-0.4, -0.2) is 19.2 Å². The molecule has 6 heteroatoms. The largest absolute Gasteiger partial charge is 0.497 e. The topological polar surface area (TPSA) is 30.5 Å². The van der Waals surface area contributed by atoms with Crippen molar-refractivity contribution < 1.29 is 9.47 Å². The zero-order chi connectivity index (χ0) is 16.1. The second-order valence-electron chi connectivity index (χ2n) is 4.49. The molecule has 0 bridgehead atoms. The number of methoxy groups -OCH3 is 2. The second kappa shape index (κ2) is 7.68. The molecule has 3 nitrogen and oxygen atoms in total. The van der Waals surface area contributed by atoms with Crippen molar-refractivity contribution in [3.05, 3.63) is 57.6 Å². The van der Waals surface area contributed by atoms with Crippen LogP contribution >= 0.6 is 35.4 Å². The Bertz CT molecular complexity index is 692. The van der Waals surface area contributed by atoms with Crippen molar-refractivity contribution in [1.82, 2.24) is 5.32 Å². The van der Waals surface area contributed by atoms with Gasteiger partial charge in [-0.15, -0.1) is 0 Å². The maximum absolute atomic E-state index is 6.00. The van der Waals surface area contributed by atoms with Crippen molar-refractivity contribution in [2.24, 2.45) is 0 Å². The maximum atomic E-state index is 6.00. The molecule has 0 heterocycles. The van der Waals surface area contributed by atoms with E-state index in [0.29, 0.717) is 21.6 Å². The molecule has 22 heavy (non-hydrogen) atoms. The van der Waals surface area contributed by atoms with Crippen molar-refractivity contribution in [1.29, 1.82) is 0 Å². The summed E-state index contributed by atoms with van der Waals surface area (Å²) in [5, 5.41) is 4.16. The van der Waals surface area contributed by atoms with Crippen molar-refractivity contribution in [2.75, 3.05) is 14.2 Å². The average molecular weight is 356 g/mol. The molecule has 0 unspecified atom stereocenters. The molecule has 2 aromatic carbocycles. The van der Waals surface area contributed by atoms with Crippen LogP contribution in [0.15, 0.2) is 36.4 Å². The van der Waals surface area contributed by atoms with Crippen molar-refractivity contribution >= 4 is 40.4 Å².